The first-order chi connectivity index (χ1) is 9.84. The highest BCUT2D eigenvalue weighted by molar-refractivity contribution is 5.76. The van der Waals surface area contributed by atoms with Gasteiger partial charge in [-0.15, -0.1) is 0 Å². The largest absolute Gasteiger partial charge is 0.416 e. The molecular formula is C17H15F3O. The summed E-state index contributed by atoms with van der Waals surface area (Å²) in [7, 11) is 0. The fraction of sp³-hybridized carbons (Fsp3) is 0.235. The number of hydrogen-bond acceptors (Lipinski definition) is 1. The molecule has 0 saturated heterocycles. The van der Waals surface area contributed by atoms with E-state index in [-0.39, 0.29) is 12.0 Å². The number of rotatable bonds is 3. The minimum absolute atomic E-state index is 0.0428. The molecule has 0 aromatic heterocycles. The topological polar surface area (TPSA) is 17.1 Å². The Morgan fingerprint density at radius 1 is 1.29 bits per heavy atom. The summed E-state index contributed by atoms with van der Waals surface area (Å²) >= 11 is 0. The van der Waals surface area contributed by atoms with Crippen molar-refractivity contribution in [3.8, 4) is 0 Å². The van der Waals surface area contributed by atoms with Crippen LogP contribution < -0.4 is 0 Å². The molecule has 1 aliphatic carbocycles. The number of carbonyl (C=O) groups is 1. The van der Waals surface area contributed by atoms with Gasteiger partial charge in [-0.1, -0.05) is 43.0 Å². The van der Waals surface area contributed by atoms with Crippen molar-refractivity contribution in [1.82, 2.24) is 0 Å². The standard InChI is InChI=1S/C17H15F3O/c1-3-13-8-9-16(11-21,12(13)2)10-14-6-4-5-7-15(14)17(18,19)20/h3-9,11H,2,10H2,1H3/b13-3-. The maximum Gasteiger partial charge on any atom is 0.416 e. The SMILES string of the molecule is C=C1/C(=C\C)C=CC1(C=O)Cc1ccccc1C(F)(F)F. The zero-order chi connectivity index (χ0) is 15.7. The van der Waals surface area contributed by atoms with E-state index >= 15 is 0 Å². The van der Waals surface area contributed by atoms with E-state index < -0.39 is 17.2 Å². The molecule has 4 heteroatoms. The Balaban J connectivity index is 2.45. The average Bonchev–Trinajstić information content (AvgIpc) is 2.75. The Hall–Kier alpha value is -2.10. The Labute approximate surface area is 121 Å². The lowest BCUT2D eigenvalue weighted by Gasteiger charge is -2.24. The zero-order valence-corrected chi connectivity index (χ0v) is 11.6. The summed E-state index contributed by atoms with van der Waals surface area (Å²) in [5.41, 5.74) is -0.381. The fourth-order valence-corrected chi connectivity index (χ4v) is 2.56. The molecule has 0 fully saturated rings. The second-order valence-electron chi connectivity index (χ2n) is 5.05. The molecule has 1 nitrogen and oxygen atoms in total. The molecule has 0 heterocycles. The van der Waals surface area contributed by atoms with Gasteiger partial charge in [0.25, 0.3) is 0 Å². The lowest BCUT2D eigenvalue weighted by atomic mass is 9.77. The van der Waals surface area contributed by atoms with Gasteiger partial charge in [0.05, 0.1) is 11.0 Å². The highest BCUT2D eigenvalue weighted by Gasteiger charge is 2.39. The molecule has 0 spiro atoms. The molecule has 1 aliphatic rings. The Kier molecular flexibility index (Phi) is 3.90. The number of carbonyl (C=O) groups excluding carboxylic acids is 1. The molecule has 1 unspecified atom stereocenters. The van der Waals surface area contributed by atoms with Crippen LogP contribution >= 0.6 is 0 Å². The van der Waals surface area contributed by atoms with Gasteiger partial charge >= 0.3 is 6.18 Å². The van der Waals surface area contributed by atoms with Crippen molar-refractivity contribution in [2.45, 2.75) is 19.5 Å². The maximum absolute atomic E-state index is 13.1. The van der Waals surface area contributed by atoms with E-state index in [9.17, 15) is 18.0 Å². The predicted octanol–water partition coefficient (Wildman–Crippen LogP) is 4.51. The van der Waals surface area contributed by atoms with Crippen molar-refractivity contribution >= 4 is 6.29 Å². The second kappa shape index (κ2) is 5.35. The molecule has 21 heavy (non-hydrogen) atoms. The van der Waals surface area contributed by atoms with E-state index in [1.54, 1.807) is 31.2 Å². The van der Waals surface area contributed by atoms with E-state index in [4.69, 9.17) is 0 Å². The summed E-state index contributed by atoms with van der Waals surface area (Å²) in [6, 6.07) is 5.33. The summed E-state index contributed by atoms with van der Waals surface area (Å²) < 4.78 is 39.2. The van der Waals surface area contributed by atoms with E-state index in [1.165, 1.54) is 12.1 Å². The van der Waals surface area contributed by atoms with Crippen LogP contribution in [0.3, 0.4) is 0 Å². The van der Waals surface area contributed by atoms with Gasteiger partial charge in [0.2, 0.25) is 0 Å². The van der Waals surface area contributed by atoms with E-state index in [1.807, 2.05) is 0 Å². The molecular weight excluding hydrogens is 277 g/mol. The Morgan fingerprint density at radius 3 is 2.48 bits per heavy atom. The van der Waals surface area contributed by atoms with Gasteiger partial charge in [0.15, 0.2) is 0 Å². The summed E-state index contributed by atoms with van der Waals surface area (Å²) in [5, 5.41) is 0. The average molecular weight is 292 g/mol. The first-order valence-electron chi connectivity index (χ1n) is 6.51. The summed E-state index contributed by atoms with van der Waals surface area (Å²) in [4.78, 5) is 11.5. The van der Waals surface area contributed by atoms with Crippen LogP contribution in [-0.4, -0.2) is 6.29 Å². The first-order valence-corrected chi connectivity index (χ1v) is 6.51. The van der Waals surface area contributed by atoms with Gasteiger partial charge in [-0.25, -0.2) is 0 Å². The van der Waals surface area contributed by atoms with Crippen LogP contribution in [0.2, 0.25) is 0 Å². The fourth-order valence-electron chi connectivity index (χ4n) is 2.56. The van der Waals surface area contributed by atoms with E-state index in [0.717, 1.165) is 11.6 Å². The van der Waals surface area contributed by atoms with Gasteiger partial charge in [-0.3, -0.25) is 0 Å². The first kappa shape index (κ1) is 15.3. The molecule has 1 atom stereocenters. The van der Waals surface area contributed by atoms with Crippen molar-refractivity contribution < 1.29 is 18.0 Å². The molecule has 1 aromatic rings. The number of aldehydes is 1. The molecule has 1 aromatic carbocycles. The van der Waals surface area contributed by atoms with E-state index in [2.05, 4.69) is 6.58 Å². The normalized spacial score (nSPS) is 23.8. The number of halogens is 3. The van der Waals surface area contributed by atoms with E-state index in [0.29, 0.717) is 11.9 Å². The zero-order valence-electron chi connectivity index (χ0n) is 11.6. The van der Waals surface area contributed by atoms with Crippen LogP contribution in [0.5, 0.6) is 0 Å². The maximum atomic E-state index is 13.1. The molecule has 0 amide bonds. The molecule has 0 aliphatic heterocycles. The lowest BCUT2D eigenvalue weighted by molar-refractivity contribution is -0.138. The van der Waals surface area contributed by atoms with Gasteiger partial charge < -0.3 is 4.79 Å². The number of benzene rings is 1. The van der Waals surface area contributed by atoms with Crippen molar-refractivity contribution in [3.63, 3.8) is 0 Å². The third-order valence-corrected chi connectivity index (χ3v) is 3.80. The van der Waals surface area contributed by atoms with Crippen LogP contribution in [0.15, 0.2) is 60.2 Å². The lowest BCUT2D eigenvalue weighted by Crippen LogP contribution is -2.24. The van der Waals surface area contributed by atoms with Crippen molar-refractivity contribution in [2.24, 2.45) is 5.41 Å². The highest BCUT2D eigenvalue weighted by Crippen LogP contribution is 2.43. The highest BCUT2D eigenvalue weighted by atomic mass is 19.4. The minimum Gasteiger partial charge on any atom is -0.302 e. The van der Waals surface area contributed by atoms with Crippen molar-refractivity contribution in [2.75, 3.05) is 0 Å². The smallest absolute Gasteiger partial charge is 0.302 e. The monoisotopic (exact) mass is 292 g/mol. The molecule has 110 valence electrons. The van der Waals surface area contributed by atoms with Crippen molar-refractivity contribution in [1.29, 1.82) is 0 Å². The predicted molar refractivity (Wildman–Crippen MR) is 75.7 cm³/mol. The van der Waals surface area contributed by atoms with Crippen molar-refractivity contribution in [3.05, 3.63) is 71.3 Å². The molecule has 2 rings (SSSR count). The van der Waals surface area contributed by atoms with Gasteiger partial charge in [0.1, 0.15) is 6.29 Å². The quantitative estimate of drug-likeness (QED) is 0.749. The third-order valence-electron chi connectivity index (χ3n) is 3.80. The molecule has 0 N–H and O–H groups in total. The molecule has 0 bridgehead atoms. The van der Waals surface area contributed by atoms with Crippen LogP contribution in [0.4, 0.5) is 13.2 Å². The second-order valence-corrected chi connectivity index (χ2v) is 5.05. The Bertz CT molecular complexity index is 638. The summed E-state index contributed by atoms with van der Waals surface area (Å²) in [5.74, 6) is 0. The molecule has 0 saturated carbocycles. The van der Waals surface area contributed by atoms with Gasteiger partial charge in [-0.2, -0.15) is 13.2 Å². The molecule has 0 radical (unpaired) electrons. The van der Waals surface area contributed by atoms with Crippen LogP contribution in [-0.2, 0) is 17.4 Å². The van der Waals surface area contributed by atoms with Crippen LogP contribution in [0, 0.1) is 5.41 Å². The van der Waals surface area contributed by atoms with Gasteiger partial charge in [0, 0.05) is 0 Å². The van der Waals surface area contributed by atoms with Gasteiger partial charge in [-0.05, 0) is 36.1 Å². The van der Waals surface area contributed by atoms with Crippen LogP contribution in [0.25, 0.3) is 0 Å². The minimum atomic E-state index is -4.44. The number of allylic oxidation sites excluding steroid dienone is 5. The number of alkyl halides is 3. The Morgan fingerprint density at radius 2 is 1.95 bits per heavy atom. The van der Waals surface area contributed by atoms with Crippen LogP contribution in [0.1, 0.15) is 18.1 Å². The third kappa shape index (κ3) is 2.71. The number of hydrogen-bond donors (Lipinski definition) is 0. The summed E-state index contributed by atoms with van der Waals surface area (Å²) in [6.45, 7) is 5.68. The summed E-state index contributed by atoms with van der Waals surface area (Å²) in [6.07, 6.45) is 1.35.